The highest BCUT2D eigenvalue weighted by Gasteiger charge is 2.31. The van der Waals surface area contributed by atoms with Crippen molar-refractivity contribution >= 4 is 15.9 Å². The Hall–Kier alpha value is -0.410. The summed E-state index contributed by atoms with van der Waals surface area (Å²) in [6.07, 6.45) is 0. The molecule has 0 fully saturated rings. The standard InChI is InChI=1S/C10H11BrFN/c1-10(12)6-13-5-7-4-8(11)2-3-9(7)10/h2-4,13H,5-6H2,1H3. The second-order valence-electron chi connectivity index (χ2n) is 3.60. The minimum absolute atomic E-state index is 0.404. The quantitative estimate of drug-likeness (QED) is 0.739. The van der Waals surface area contributed by atoms with Gasteiger partial charge in [0.05, 0.1) is 0 Å². The topological polar surface area (TPSA) is 12.0 Å². The maximum atomic E-state index is 13.9. The summed E-state index contributed by atoms with van der Waals surface area (Å²) in [5.74, 6) is 0. The van der Waals surface area contributed by atoms with Gasteiger partial charge in [-0.25, -0.2) is 4.39 Å². The van der Waals surface area contributed by atoms with Gasteiger partial charge in [-0.05, 0) is 30.2 Å². The molecule has 1 aromatic rings. The normalized spacial score (nSPS) is 27.0. The fourth-order valence-electron chi connectivity index (χ4n) is 1.74. The fraction of sp³-hybridized carbons (Fsp3) is 0.400. The number of nitrogens with one attached hydrogen (secondary N) is 1. The van der Waals surface area contributed by atoms with Crippen LogP contribution in [-0.4, -0.2) is 6.54 Å². The number of benzene rings is 1. The summed E-state index contributed by atoms with van der Waals surface area (Å²) < 4.78 is 14.9. The Kier molecular flexibility index (Phi) is 2.16. The van der Waals surface area contributed by atoms with E-state index < -0.39 is 5.67 Å². The SMILES string of the molecule is CC1(F)CNCc2cc(Br)ccc21. The van der Waals surface area contributed by atoms with Crippen LogP contribution in [-0.2, 0) is 12.2 Å². The lowest BCUT2D eigenvalue weighted by Crippen LogP contribution is -2.37. The second kappa shape index (κ2) is 3.07. The summed E-state index contributed by atoms with van der Waals surface area (Å²) in [5.41, 5.74) is 0.633. The largest absolute Gasteiger partial charge is 0.309 e. The van der Waals surface area contributed by atoms with Crippen molar-refractivity contribution in [1.29, 1.82) is 0 Å². The molecule has 13 heavy (non-hydrogen) atoms. The fourth-order valence-corrected chi connectivity index (χ4v) is 2.15. The van der Waals surface area contributed by atoms with E-state index in [1.165, 1.54) is 0 Å². The predicted molar refractivity (Wildman–Crippen MR) is 54.3 cm³/mol. The van der Waals surface area contributed by atoms with Crippen LogP contribution in [0.15, 0.2) is 22.7 Å². The molecule has 2 rings (SSSR count). The van der Waals surface area contributed by atoms with Crippen molar-refractivity contribution in [2.75, 3.05) is 6.54 Å². The average molecular weight is 244 g/mol. The van der Waals surface area contributed by atoms with Crippen molar-refractivity contribution in [3.05, 3.63) is 33.8 Å². The molecular weight excluding hydrogens is 233 g/mol. The Morgan fingerprint density at radius 1 is 1.54 bits per heavy atom. The first kappa shape index (κ1) is 9.16. The molecule has 3 heteroatoms. The van der Waals surface area contributed by atoms with Crippen molar-refractivity contribution in [3.63, 3.8) is 0 Å². The molecule has 1 unspecified atom stereocenters. The molecule has 0 spiro atoms. The van der Waals surface area contributed by atoms with E-state index in [1.807, 2.05) is 18.2 Å². The second-order valence-corrected chi connectivity index (χ2v) is 4.52. The lowest BCUT2D eigenvalue weighted by Gasteiger charge is -2.29. The predicted octanol–water partition coefficient (Wildman–Crippen LogP) is 2.74. The maximum Gasteiger partial charge on any atom is 0.145 e. The first-order chi connectivity index (χ1) is 6.09. The van der Waals surface area contributed by atoms with E-state index in [-0.39, 0.29) is 0 Å². The molecule has 1 atom stereocenters. The molecule has 1 aliphatic rings. The van der Waals surface area contributed by atoms with Gasteiger partial charge >= 0.3 is 0 Å². The van der Waals surface area contributed by atoms with Gasteiger partial charge in [0, 0.05) is 17.6 Å². The highest BCUT2D eigenvalue weighted by Crippen LogP contribution is 2.32. The molecule has 0 aromatic heterocycles. The van der Waals surface area contributed by atoms with Crippen LogP contribution in [0, 0.1) is 0 Å². The van der Waals surface area contributed by atoms with Crippen molar-refractivity contribution in [1.82, 2.24) is 5.32 Å². The monoisotopic (exact) mass is 243 g/mol. The maximum absolute atomic E-state index is 13.9. The summed E-state index contributed by atoms with van der Waals surface area (Å²) in [7, 11) is 0. The summed E-state index contributed by atoms with van der Waals surface area (Å²) in [5, 5.41) is 3.06. The number of fused-ring (bicyclic) bond motifs is 1. The van der Waals surface area contributed by atoms with E-state index in [2.05, 4.69) is 21.2 Å². The molecule has 0 bridgehead atoms. The van der Waals surface area contributed by atoms with Gasteiger partial charge in [-0.1, -0.05) is 22.0 Å². The average Bonchev–Trinajstić information content (AvgIpc) is 2.02. The molecule has 1 heterocycles. The molecule has 70 valence electrons. The van der Waals surface area contributed by atoms with Crippen molar-refractivity contribution in [2.45, 2.75) is 19.1 Å². The van der Waals surface area contributed by atoms with Crippen LogP contribution < -0.4 is 5.32 Å². The molecule has 0 radical (unpaired) electrons. The first-order valence-electron chi connectivity index (χ1n) is 4.28. The van der Waals surface area contributed by atoms with E-state index in [9.17, 15) is 4.39 Å². The van der Waals surface area contributed by atoms with Crippen LogP contribution in [0.1, 0.15) is 18.1 Å². The molecule has 0 saturated heterocycles. The van der Waals surface area contributed by atoms with Crippen LogP contribution >= 0.6 is 15.9 Å². The van der Waals surface area contributed by atoms with Gasteiger partial charge in [-0.15, -0.1) is 0 Å². The van der Waals surface area contributed by atoms with E-state index in [0.717, 1.165) is 22.1 Å². The third-order valence-electron chi connectivity index (χ3n) is 2.40. The van der Waals surface area contributed by atoms with Gasteiger partial charge < -0.3 is 5.32 Å². The first-order valence-corrected chi connectivity index (χ1v) is 5.07. The lowest BCUT2D eigenvalue weighted by atomic mass is 9.90. The van der Waals surface area contributed by atoms with Crippen molar-refractivity contribution in [3.8, 4) is 0 Å². The van der Waals surface area contributed by atoms with E-state index in [0.29, 0.717) is 6.54 Å². The molecular formula is C10H11BrFN. The Balaban J connectivity index is 2.53. The number of alkyl halides is 1. The smallest absolute Gasteiger partial charge is 0.145 e. The Labute approximate surface area is 85.5 Å². The van der Waals surface area contributed by atoms with Gasteiger partial charge in [0.15, 0.2) is 0 Å². The zero-order chi connectivity index (χ0) is 9.47. The number of hydrogen-bond acceptors (Lipinski definition) is 1. The van der Waals surface area contributed by atoms with Gasteiger partial charge in [-0.3, -0.25) is 0 Å². The van der Waals surface area contributed by atoms with Crippen molar-refractivity contribution in [2.24, 2.45) is 0 Å². The third kappa shape index (κ3) is 1.63. The number of hydrogen-bond donors (Lipinski definition) is 1. The molecule has 1 N–H and O–H groups in total. The third-order valence-corrected chi connectivity index (χ3v) is 2.89. The summed E-state index contributed by atoms with van der Waals surface area (Å²) in [6.45, 7) is 2.78. The van der Waals surface area contributed by atoms with Gasteiger partial charge in [-0.2, -0.15) is 0 Å². The van der Waals surface area contributed by atoms with Crippen LogP contribution in [0.5, 0.6) is 0 Å². The summed E-state index contributed by atoms with van der Waals surface area (Å²) in [4.78, 5) is 0. The summed E-state index contributed by atoms with van der Waals surface area (Å²) in [6, 6.07) is 5.72. The summed E-state index contributed by atoms with van der Waals surface area (Å²) >= 11 is 3.38. The van der Waals surface area contributed by atoms with Crippen molar-refractivity contribution < 1.29 is 4.39 Å². The minimum Gasteiger partial charge on any atom is -0.309 e. The lowest BCUT2D eigenvalue weighted by molar-refractivity contribution is 0.173. The Morgan fingerprint density at radius 2 is 2.31 bits per heavy atom. The van der Waals surface area contributed by atoms with Crippen LogP contribution in [0.2, 0.25) is 0 Å². The Morgan fingerprint density at radius 3 is 3.08 bits per heavy atom. The van der Waals surface area contributed by atoms with E-state index >= 15 is 0 Å². The molecule has 0 amide bonds. The van der Waals surface area contributed by atoms with E-state index in [4.69, 9.17) is 0 Å². The highest BCUT2D eigenvalue weighted by molar-refractivity contribution is 9.10. The van der Waals surface area contributed by atoms with Gasteiger partial charge in [0.1, 0.15) is 5.67 Å². The van der Waals surface area contributed by atoms with Gasteiger partial charge in [0.25, 0.3) is 0 Å². The molecule has 1 aliphatic heterocycles. The highest BCUT2D eigenvalue weighted by atomic mass is 79.9. The zero-order valence-electron chi connectivity index (χ0n) is 7.40. The molecule has 0 aliphatic carbocycles. The zero-order valence-corrected chi connectivity index (χ0v) is 8.99. The van der Waals surface area contributed by atoms with E-state index in [1.54, 1.807) is 6.92 Å². The molecule has 1 nitrogen and oxygen atoms in total. The van der Waals surface area contributed by atoms with Gasteiger partial charge in [0.2, 0.25) is 0 Å². The Bertz CT molecular complexity index is 336. The molecule has 0 saturated carbocycles. The molecule has 1 aromatic carbocycles. The van der Waals surface area contributed by atoms with Crippen LogP contribution in [0.3, 0.4) is 0 Å². The number of halogens is 2. The van der Waals surface area contributed by atoms with Crippen LogP contribution in [0.4, 0.5) is 4.39 Å². The minimum atomic E-state index is -1.23. The van der Waals surface area contributed by atoms with Crippen LogP contribution in [0.25, 0.3) is 0 Å². The number of rotatable bonds is 0.